The van der Waals surface area contributed by atoms with Crippen molar-refractivity contribution < 1.29 is 14.3 Å². The smallest absolute Gasteiger partial charge is 0.260 e. The van der Waals surface area contributed by atoms with E-state index in [0.29, 0.717) is 23.8 Å². The van der Waals surface area contributed by atoms with Crippen LogP contribution in [0.2, 0.25) is 0 Å². The van der Waals surface area contributed by atoms with Crippen LogP contribution in [0.4, 0.5) is 0 Å². The van der Waals surface area contributed by atoms with Gasteiger partial charge in [0.15, 0.2) is 6.61 Å². The molecule has 1 fully saturated rings. The molecule has 2 rings (SSSR count). The van der Waals surface area contributed by atoms with Crippen LogP contribution in [0, 0.1) is 0 Å². The molecule has 0 unspecified atom stereocenters. The SMILES string of the molecule is NC(=S)c1ccc(OCC(=O)N2CCCNC(=O)C2)cc1. The fourth-order valence-electron chi connectivity index (χ4n) is 1.97. The third kappa shape index (κ3) is 4.42. The molecule has 1 saturated heterocycles. The lowest BCUT2D eigenvalue weighted by Gasteiger charge is -2.19. The molecule has 0 aromatic heterocycles. The number of nitrogens with zero attached hydrogens (tertiary/aromatic N) is 1. The standard InChI is InChI=1S/C14H17N3O3S/c15-14(21)10-2-4-11(5-3-10)20-9-13(19)17-7-1-6-16-12(18)8-17/h2-5H,1,6-9H2,(H2,15,21)(H,16,18). The number of nitrogens with two attached hydrogens (primary N) is 1. The molecular weight excluding hydrogens is 290 g/mol. The Balaban J connectivity index is 1.88. The van der Waals surface area contributed by atoms with E-state index in [9.17, 15) is 9.59 Å². The minimum absolute atomic E-state index is 0.0859. The summed E-state index contributed by atoms with van der Waals surface area (Å²) in [6.07, 6.45) is 0.750. The van der Waals surface area contributed by atoms with Crippen molar-refractivity contribution in [3.8, 4) is 5.75 Å². The summed E-state index contributed by atoms with van der Waals surface area (Å²) < 4.78 is 5.42. The van der Waals surface area contributed by atoms with Crippen LogP contribution in [0.1, 0.15) is 12.0 Å². The molecular formula is C14H17N3O3S. The highest BCUT2D eigenvalue weighted by Crippen LogP contribution is 2.12. The molecule has 0 spiro atoms. The first kappa shape index (κ1) is 15.2. The van der Waals surface area contributed by atoms with Crippen LogP contribution in [0.3, 0.4) is 0 Å². The first-order valence-corrected chi connectivity index (χ1v) is 7.04. The number of carbonyl (C=O) groups excluding carboxylic acids is 2. The maximum Gasteiger partial charge on any atom is 0.260 e. The highest BCUT2D eigenvalue weighted by atomic mass is 32.1. The van der Waals surface area contributed by atoms with Gasteiger partial charge in [-0.1, -0.05) is 12.2 Å². The third-order valence-corrected chi connectivity index (χ3v) is 3.35. The minimum atomic E-state index is -0.203. The second-order valence-corrected chi connectivity index (χ2v) is 5.14. The Labute approximate surface area is 128 Å². The lowest BCUT2D eigenvalue weighted by Crippen LogP contribution is -2.39. The molecule has 1 aromatic rings. The summed E-state index contributed by atoms with van der Waals surface area (Å²) in [6.45, 7) is 1.15. The normalized spacial score (nSPS) is 15.0. The highest BCUT2D eigenvalue weighted by Gasteiger charge is 2.19. The van der Waals surface area contributed by atoms with Gasteiger partial charge >= 0.3 is 0 Å². The topological polar surface area (TPSA) is 84.7 Å². The van der Waals surface area contributed by atoms with Crippen LogP contribution in [-0.4, -0.2) is 47.9 Å². The van der Waals surface area contributed by atoms with E-state index < -0.39 is 0 Å². The molecule has 1 heterocycles. The molecule has 0 bridgehead atoms. The number of hydrogen-bond acceptors (Lipinski definition) is 4. The number of amides is 2. The van der Waals surface area contributed by atoms with Gasteiger partial charge in [-0.25, -0.2) is 0 Å². The Morgan fingerprint density at radius 3 is 2.76 bits per heavy atom. The maximum absolute atomic E-state index is 12.0. The lowest BCUT2D eigenvalue weighted by atomic mass is 10.2. The summed E-state index contributed by atoms with van der Waals surface area (Å²) in [6, 6.07) is 6.89. The number of ether oxygens (including phenoxy) is 1. The van der Waals surface area contributed by atoms with Gasteiger partial charge in [-0.3, -0.25) is 9.59 Å². The third-order valence-electron chi connectivity index (χ3n) is 3.12. The molecule has 2 amide bonds. The Bertz CT molecular complexity index is 545. The van der Waals surface area contributed by atoms with Crippen LogP contribution in [0.15, 0.2) is 24.3 Å². The van der Waals surface area contributed by atoms with E-state index in [1.165, 1.54) is 4.90 Å². The van der Waals surface area contributed by atoms with Gasteiger partial charge in [-0.15, -0.1) is 0 Å². The zero-order chi connectivity index (χ0) is 15.2. The zero-order valence-corrected chi connectivity index (χ0v) is 12.3. The average molecular weight is 307 g/mol. The van der Waals surface area contributed by atoms with E-state index in [1.807, 2.05) is 0 Å². The van der Waals surface area contributed by atoms with Crippen molar-refractivity contribution in [3.63, 3.8) is 0 Å². The molecule has 0 aliphatic carbocycles. The van der Waals surface area contributed by atoms with Crippen molar-refractivity contribution >= 4 is 29.0 Å². The number of carbonyl (C=O) groups is 2. The Kier molecular flexibility index (Phi) is 5.10. The molecule has 112 valence electrons. The zero-order valence-electron chi connectivity index (χ0n) is 11.5. The molecule has 1 aromatic carbocycles. The molecule has 0 atom stereocenters. The Morgan fingerprint density at radius 1 is 1.38 bits per heavy atom. The maximum atomic E-state index is 12.0. The fourth-order valence-corrected chi connectivity index (χ4v) is 2.11. The molecule has 21 heavy (non-hydrogen) atoms. The fraction of sp³-hybridized carbons (Fsp3) is 0.357. The van der Waals surface area contributed by atoms with E-state index in [-0.39, 0.29) is 25.0 Å². The second kappa shape index (κ2) is 7.03. The quantitative estimate of drug-likeness (QED) is 0.768. The van der Waals surface area contributed by atoms with Crippen molar-refractivity contribution in [2.75, 3.05) is 26.2 Å². The first-order chi connectivity index (χ1) is 10.1. The van der Waals surface area contributed by atoms with Gasteiger partial charge < -0.3 is 20.7 Å². The van der Waals surface area contributed by atoms with Crippen LogP contribution < -0.4 is 15.8 Å². The molecule has 0 saturated carbocycles. The van der Waals surface area contributed by atoms with Gasteiger partial charge in [-0.2, -0.15) is 0 Å². The van der Waals surface area contributed by atoms with Crippen LogP contribution in [-0.2, 0) is 9.59 Å². The van der Waals surface area contributed by atoms with Crippen molar-refractivity contribution in [2.24, 2.45) is 5.73 Å². The molecule has 7 heteroatoms. The van der Waals surface area contributed by atoms with Crippen LogP contribution >= 0.6 is 12.2 Å². The van der Waals surface area contributed by atoms with E-state index in [4.69, 9.17) is 22.7 Å². The predicted octanol–water partition coefficient (Wildman–Crippen LogP) is 0.0481. The van der Waals surface area contributed by atoms with E-state index in [2.05, 4.69) is 5.32 Å². The average Bonchev–Trinajstić information content (AvgIpc) is 2.70. The summed E-state index contributed by atoms with van der Waals surface area (Å²) in [4.78, 5) is 25.2. The largest absolute Gasteiger partial charge is 0.484 e. The summed E-state index contributed by atoms with van der Waals surface area (Å²) in [5.41, 5.74) is 6.25. The number of benzene rings is 1. The monoisotopic (exact) mass is 307 g/mol. The molecule has 6 nitrogen and oxygen atoms in total. The Hall–Kier alpha value is -2.15. The van der Waals surface area contributed by atoms with Crippen LogP contribution in [0.5, 0.6) is 5.75 Å². The predicted molar refractivity (Wildman–Crippen MR) is 82.0 cm³/mol. The second-order valence-electron chi connectivity index (χ2n) is 4.70. The number of hydrogen-bond donors (Lipinski definition) is 2. The molecule has 1 aliphatic heterocycles. The number of rotatable bonds is 4. The first-order valence-electron chi connectivity index (χ1n) is 6.63. The van der Waals surface area contributed by atoms with Gasteiger partial charge in [0.1, 0.15) is 10.7 Å². The van der Waals surface area contributed by atoms with E-state index >= 15 is 0 Å². The molecule has 1 aliphatic rings. The summed E-state index contributed by atoms with van der Waals surface area (Å²) in [7, 11) is 0. The van der Waals surface area contributed by atoms with Crippen molar-refractivity contribution in [1.29, 1.82) is 0 Å². The van der Waals surface area contributed by atoms with Crippen molar-refractivity contribution in [1.82, 2.24) is 10.2 Å². The molecule has 3 N–H and O–H groups in total. The summed E-state index contributed by atoms with van der Waals surface area (Å²) >= 11 is 4.86. The van der Waals surface area contributed by atoms with Gasteiger partial charge in [-0.05, 0) is 30.7 Å². The lowest BCUT2D eigenvalue weighted by molar-refractivity contribution is -0.136. The van der Waals surface area contributed by atoms with Crippen molar-refractivity contribution in [2.45, 2.75) is 6.42 Å². The van der Waals surface area contributed by atoms with Gasteiger partial charge in [0.2, 0.25) is 5.91 Å². The summed E-state index contributed by atoms with van der Waals surface area (Å²) in [5.74, 6) is 0.217. The number of thiocarbonyl (C=S) groups is 1. The minimum Gasteiger partial charge on any atom is -0.484 e. The van der Waals surface area contributed by atoms with Gasteiger partial charge in [0, 0.05) is 18.7 Å². The molecule has 0 radical (unpaired) electrons. The highest BCUT2D eigenvalue weighted by molar-refractivity contribution is 7.80. The van der Waals surface area contributed by atoms with Crippen molar-refractivity contribution in [3.05, 3.63) is 29.8 Å². The van der Waals surface area contributed by atoms with E-state index in [0.717, 1.165) is 12.0 Å². The van der Waals surface area contributed by atoms with Gasteiger partial charge in [0.25, 0.3) is 5.91 Å². The summed E-state index contributed by atoms with van der Waals surface area (Å²) in [5, 5.41) is 2.72. The van der Waals surface area contributed by atoms with Gasteiger partial charge in [0.05, 0.1) is 6.54 Å². The Morgan fingerprint density at radius 2 is 2.10 bits per heavy atom. The van der Waals surface area contributed by atoms with E-state index in [1.54, 1.807) is 24.3 Å². The van der Waals surface area contributed by atoms with Crippen LogP contribution in [0.25, 0.3) is 0 Å². The number of nitrogens with one attached hydrogen (secondary N) is 1.